The normalized spacial score (nSPS) is 10.4. The van der Waals surface area contributed by atoms with Crippen LogP contribution in [0.1, 0.15) is 27.8 Å². The molecule has 0 saturated heterocycles. The fraction of sp³-hybridized carbons (Fsp3) is 0. The summed E-state index contributed by atoms with van der Waals surface area (Å²) < 4.78 is 2.12. The highest BCUT2D eigenvalue weighted by atomic mass is 15.0. The van der Waals surface area contributed by atoms with E-state index in [0.29, 0.717) is 38.9 Å². The van der Waals surface area contributed by atoms with Gasteiger partial charge in [-0.05, 0) is 94.5 Å². The molecule has 7 rings (SSSR count). The lowest BCUT2D eigenvalue weighted by atomic mass is 9.96. The fourth-order valence-corrected chi connectivity index (χ4v) is 6.09. The monoisotopic (exact) mass is 597 g/mol. The molecule has 0 fully saturated rings. The van der Waals surface area contributed by atoms with E-state index in [9.17, 15) is 26.3 Å². The summed E-state index contributed by atoms with van der Waals surface area (Å²) in [6.45, 7) is 0. The molecule has 0 aliphatic heterocycles. The molecular formula is C40H19N7. The zero-order chi connectivity index (χ0) is 32.5. The first-order chi connectivity index (χ1) is 23.1. The van der Waals surface area contributed by atoms with Crippen LogP contribution in [0.15, 0.2) is 116 Å². The van der Waals surface area contributed by atoms with E-state index >= 15 is 0 Å². The van der Waals surface area contributed by atoms with Gasteiger partial charge in [-0.1, -0.05) is 36.4 Å². The minimum Gasteiger partial charge on any atom is -0.309 e. The van der Waals surface area contributed by atoms with Crippen molar-refractivity contribution in [2.45, 2.75) is 0 Å². The SMILES string of the molecule is N#Cc1ccc(-c2ccc3c4ccc(-c5ccc(C#N)cc5C#N)cc4n(-c4ccc(C#N)c(-c5ccncc5)c4)c3c2)c(C#N)c1. The van der Waals surface area contributed by atoms with E-state index in [0.717, 1.165) is 49.7 Å². The number of benzene rings is 5. The Hall–Kier alpha value is -7.50. The molecule has 0 amide bonds. The number of hydrogen-bond donors (Lipinski definition) is 0. The molecule has 5 aromatic carbocycles. The predicted octanol–water partition coefficient (Wildman–Crippen LogP) is 8.54. The van der Waals surface area contributed by atoms with Gasteiger partial charge in [-0.25, -0.2) is 0 Å². The van der Waals surface area contributed by atoms with Crippen LogP contribution in [0, 0.1) is 56.7 Å². The molecule has 0 spiro atoms. The Morgan fingerprint density at radius 2 is 0.957 bits per heavy atom. The van der Waals surface area contributed by atoms with Crippen LogP contribution in [0.5, 0.6) is 0 Å². The highest BCUT2D eigenvalue weighted by Crippen LogP contribution is 2.39. The lowest BCUT2D eigenvalue weighted by Crippen LogP contribution is -1.97. The molecule has 0 radical (unpaired) electrons. The van der Waals surface area contributed by atoms with Crippen LogP contribution in [-0.4, -0.2) is 9.55 Å². The van der Waals surface area contributed by atoms with E-state index in [1.54, 1.807) is 54.9 Å². The zero-order valence-corrected chi connectivity index (χ0v) is 24.6. The van der Waals surface area contributed by atoms with Crippen LogP contribution in [0.4, 0.5) is 0 Å². The third kappa shape index (κ3) is 4.79. The van der Waals surface area contributed by atoms with Crippen molar-refractivity contribution in [2.24, 2.45) is 0 Å². The van der Waals surface area contributed by atoms with Crippen molar-refractivity contribution < 1.29 is 0 Å². The molecule has 7 heteroatoms. The number of nitriles is 5. The minimum atomic E-state index is 0.400. The quantitative estimate of drug-likeness (QED) is 0.199. The number of fused-ring (bicyclic) bond motifs is 3. The van der Waals surface area contributed by atoms with E-state index < -0.39 is 0 Å². The first-order valence-electron chi connectivity index (χ1n) is 14.5. The molecular weight excluding hydrogens is 578 g/mol. The average Bonchev–Trinajstić information content (AvgIpc) is 3.47. The van der Waals surface area contributed by atoms with Gasteiger partial charge in [0, 0.05) is 34.4 Å². The molecule has 0 atom stereocenters. The summed E-state index contributed by atoms with van der Waals surface area (Å²) in [5.74, 6) is 0. The van der Waals surface area contributed by atoms with E-state index in [-0.39, 0.29) is 0 Å². The summed E-state index contributed by atoms with van der Waals surface area (Å²) in [6.07, 6.45) is 3.38. The second-order valence-corrected chi connectivity index (χ2v) is 10.8. The zero-order valence-electron chi connectivity index (χ0n) is 24.6. The first kappa shape index (κ1) is 28.3. The summed E-state index contributed by atoms with van der Waals surface area (Å²) in [7, 11) is 0. The standard InChI is InChI=1S/C40H19N7/c41-20-25-1-7-34(31(15-25)23-44)28-4-9-36-37-10-5-29(35-8-2-26(21-42)16-32(35)24-45)18-40(37)47(39(36)17-28)33-6-3-30(22-43)38(19-33)27-11-13-46-14-12-27/h1-19H. The Balaban J connectivity index is 1.55. The minimum absolute atomic E-state index is 0.400. The van der Waals surface area contributed by atoms with Crippen LogP contribution >= 0.6 is 0 Å². The van der Waals surface area contributed by atoms with E-state index in [4.69, 9.17) is 0 Å². The van der Waals surface area contributed by atoms with Crippen LogP contribution in [0.2, 0.25) is 0 Å². The molecule has 0 bridgehead atoms. The van der Waals surface area contributed by atoms with Crippen molar-refractivity contribution in [3.63, 3.8) is 0 Å². The van der Waals surface area contributed by atoms with Gasteiger partial charge in [0.1, 0.15) is 0 Å². The molecule has 47 heavy (non-hydrogen) atoms. The summed E-state index contributed by atoms with van der Waals surface area (Å²) in [6, 6.07) is 42.6. The molecule has 2 heterocycles. The maximum Gasteiger partial charge on any atom is 0.0998 e. The first-order valence-corrected chi connectivity index (χ1v) is 14.5. The van der Waals surface area contributed by atoms with Gasteiger partial charge >= 0.3 is 0 Å². The van der Waals surface area contributed by atoms with Gasteiger partial charge in [0.2, 0.25) is 0 Å². The van der Waals surface area contributed by atoms with Gasteiger partial charge in [-0.15, -0.1) is 0 Å². The Labute approximate surface area is 269 Å². The largest absolute Gasteiger partial charge is 0.309 e. The molecule has 0 saturated carbocycles. The van der Waals surface area contributed by atoms with Gasteiger partial charge in [0.25, 0.3) is 0 Å². The van der Waals surface area contributed by atoms with Gasteiger partial charge < -0.3 is 4.57 Å². The third-order valence-corrected chi connectivity index (χ3v) is 8.30. The Morgan fingerprint density at radius 3 is 1.45 bits per heavy atom. The molecule has 7 aromatic rings. The number of aromatic nitrogens is 2. The molecule has 0 aliphatic carbocycles. The van der Waals surface area contributed by atoms with Crippen molar-refractivity contribution in [3.05, 3.63) is 143 Å². The molecule has 2 aromatic heterocycles. The lowest BCUT2D eigenvalue weighted by Gasteiger charge is -2.13. The van der Waals surface area contributed by atoms with Gasteiger partial charge in [-0.3, -0.25) is 4.98 Å². The lowest BCUT2D eigenvalue weighted by molar-refractivity contribution is 1.18. The van der Waals surface area contributed by atoms with Gasteiger partial charge in [0.15, 0.2) is 0 Å². The highest BCUT2D eigenvalue weighted by molar-refractivity contribution is 6.11. The third-order valence-electron chi connectivity index (χ3n) is 8.30. The maximum atomic E-state index is 9.98. The summed E-state index contributed by atoms with van der Waals surface area (Å²) in [4.78, 5) is 4.14. The molecule has 214 valence electrons. The van der Waals surface area contributed by atoms with Crippen LogP contribution < -0.4 is 0 Å². The van der Waals surface area contributed by atoms with Gasteiger partial charge in [-0.2, -0.15) is 26.3 Å². The summed E-state index contributed by atoms with van der Waals surface area (Å²) >= 11 is 0. The Morgan fingerprint density at radius 1 is 0.426 bits per heavy atom. The Bertz CT molecular complexity index is 2500. The molecule has 0 aliphatic rings. The number of nitrogens with zero attached hydrogens (tertiary/aromatic N) is 7. The van der Waals surface area contributed by atoms with Crippen molar-refractivity contribution in [3.8, 4) is 69.4 Å². The van der Waals surface area contributed by atoms with Crippen molar-refractivity contribution in [2.75, 3.05) is 0 Å². The second kappa shape index (κ2) is 11.5. The topological polar surface area (TPSA) is 137 Å². The Kier molecular flexibility index (Phi) is 6.94. The highest BCUT2D eigenvalue weighted by Gasteiger charge is 2.18. The van der Waals surface area contributed by atoms with E-state index in [1.807, 2.05) is 60.7 Å². The van der Waals surface area contributed by atoms with Crippen LogP contribution in [-0.2, 0) is 0 Å². The average molecular weight is 598 g/mol. The number of hydrogen-bond acceptors (Lipinski definition) is 6. The number of rotatable bonds is 4. The molecule has 0 unspecified atom stereocenters. The number of pyridine rings is 1. The molecule has 7 nitrogen and oxygen atoms in total. The second-order valence-electron chi connectivity index (χ2n) is 10.8. The molecule has 0 N–H and O–H groups in total. The van der Waals surface area contributed by atoms with Crippen LogP contribution in [0.25, 0.3) is 60.9 Å². The smallest absolute Gasteiger partial charge is 0.0998 e. The predicted molar refractivity (Wildman–Crippen MR) is 178 cm³/mol. The summed E-state index contributed by atoms with van der Waals surface area (Å²) in [5, 5.41) is 50.6. The van der Waals surface area contributed by atoms with Crippen molar-refractivity contribution in [1.29, 1.82) is 26.3 Å². The van der Waals surface area contributed by atoms with Crippen LogP contribution in [0.3, 0.4) is 0 Å². The fourth-order valence-electron chi connectivity index (χ4n) is 6.09. The van der Waals surface area contributed by atoms with E-state index in [1.165, 1.54) is 0 Å². The summed E-state index contributed by atoms with van der Waals surface area (Å²) in [5.41, 5.74) is 9.34. The van der Waals surface area contributed by atoms with Gasteiger partial charge in [0.05, 0.1) is 69.2 Å². The van der Waals surface area contributed by atoms with E-state index in [2.05, 4.69) is 39.9 Å². The van der Waals surface area contributed by atoms with Crippen molar-refractivity contribution in [1.82, 2.24) is 9.55 Å². The maximum absolute atomic E-state index is 9.98. The van der Waals surface area contributed by atoms with Crippen molar-refractivity contribution >= 4 is 21.8 Å².